The molecule has 2 bridgehead atoms. The van der Waals surface area contributed by atoms with Crippen LogP contribution in [0.25, 0.3) is 0 Å². The minimum atomic E-state index is -0.739. The van der Waals surface area contributed by atoms with Crippen molar-refractivity contribution in [1.82, 2.24) is 5.32 Å². The number of hydrogen-bond acceptors (Lipinski definition) is 4. The van der Waals surface area contributed by atoms with Crippen LogP contribution in [0.15, 0.2) is 42.5 Å². The molecule has 28 heavy (non-hydrogen) atoms. The minimum absolute atomic E-state index is 0.0369. The van der Waals surface area contributed by atoms with E-state index in [1.165, 1.54) is 0 Å². The van der Waals surface area contributed by atoms with Crippen LogP contribution in [0.4, 0.5) is 5.69 Å². The van der Waals surface area contributed by atoms with Gasteiger partial charge in [-0.25, -0.2) is 0 Å². The maximum Gasteiger partial charge on any atom is 0.303 e. The molecule has 0 saturated carbocycles. The van der Waals surface area contributed by atoms with Gasteiger partial charge in [-0.15, -0.1) is 0 Å². The van der Waals surface area contributed by atoms with Crippen LogP contribution in [0.2, 0.25) is 0 Å². The molecule has 3 N–H and O–H groups in total. The predicted octanol–water partition coefficient (Wildman–Crippen LogP) is 3.21. The highest BCUT2D eigenvalue weighted by molar-refractivity contribution is 5.92. The number of allylic oxidation sites excluding steroid dienone is 2. The van der Waals surface area contributed by atoms with Crippen molar-refractivity contribution in [2.45, 2.75) is 50.7 Å². The molecule has 1 aromatic rings. The average Bonchev–Trinajstić information content (AvgIpc) is 3.27. The van der Waals surface area contributed by atoms with Gasteiger partial charge in [-0.2, -0.15) is 0 Å². The van der Waals surface area contributed by atoms with Gasteiger partial charge in [0.15, 0.2) is 0 Å². The Labute approximate surface area is 166 Å². The fourth-order valence-corrected chi connectivity index (χ4v) is 4.30. The maximum atomic E-state index is 12.1. The highest BCUT2D eigenvalue weighted by Crippen LogP contribution is 2.44. The van der Waals surface area contributed by atoms with E-state index in [-0.39, 0.29) is 12.3 Å². The number of carbonyl (C=O) groups is 2. The van der Waals surface area contributed by atoms with Crippen LogP contribution >= 0.6 is 0 Å². The zero-order valence-corrected chi connectivity index (χ0v) is 16.2. The molecule has 6 heteroatoms. The molecule has 2 fully saturated rings. The standard InChI is InChI=1S/C22H30N2O4/c25-21(24-16-8-4-3-5-9-16)15-23-14-18-17(19-12-13-20(18)28-19)10-6-1-2-7-11-22(26)27/h1,3-6,8-9,17-20,23H,2,7,10-15H2,(H,24,25)(H,26,27)/b6-1-/t17-,18?,19+,20-/m1/s1. The van der Waals surface area contributed by atoms with Crippen molar-refractivity contribution in [2.24, 2.45) is 11.8 Å². The second-order valence-electron chi connectivity index (χ2n) is 7.66. The lowest BCUT2D eigenvalue weighted by Crippen LogP contribution is -2.38. The molecule has 1 unspecified atom stereocenters. The molecular formula is C22H30N2O4. The Morgan fingerprint density at radius 3 is 2.61 bits per heavy atom. The number of fused-ring (bicyclic) bond motifs is 2. The number of rotatable bonds is 11. The molecule has 1 amide bonds. The molecule has 152 valence electrons. The van der Waals surface area contributed by atoms with E-state index in [9.17, 15) is 9.59 Å². The number of anilines is 1. The summed E-state index contributed by atoms with van der Waals surface area (Å²) in [5.74, 6) is 0.119. The molecular weight excluding hydrogens is 356 g/mol. The summed E-state index contributed by atoms with van der Waals surface area (Å²) in [5.41, 5.74) is 0.809. The Hall–Kier alpha value is -2.18. The molecule has 3 rings (SSSR count). The van der Waals surface area contributed by atoms with Gasteiger partial charge >= 0.3 is 5.97 Å². The molecule has 0 spiro atoms. The molecule has 2 aliphatic heterocycles. The molecule has 0 radical (unpaired) electrons. The molecule has 0 aliphatic carbocycles. The van der Waals surface area contributed by atoms with E-state index in [4.69, 9.17) is 9.84 Å². The van der Waals surface area contributed by atoms with E-state index < -0.39 is 5.97 Å². The van der Waals surface area contributed by atoms with Crippen LogP contribution < -0.4 is 10.6 Å². The van der Waals surface area contributed by atoms with E-state index >= 15 is 0 Å². The van der Waals surface area contributed by atoms with Gasteiger partial charge in [0.1, 0.15) is 0 Å². The largest absolute Gasteiger partial charge is 0.481 e. The predicted molar refractivity (Wildman–Crippen MR) is 108 cm³/mol. The Balaban J connectivity index is 1.40. The van der Waals surface area contributed by atoms with Crippen molar-refractivity contribution >= 4 is 17.6 Å². The lowest BCUT2D eigenvalue weighted by molar-refractivity contribution is -0.137. The van der Waals surface area contributed by atoms with Gasteiger partial charge in [0, 0.05) is 24.6 Å². The third kappa shape index (κ3) is 5.91. The second kappa shape index (κ2) is 10.4. The van der Waals surface area contributed by atoms with Crippen molar-refractivity contribution < 1.29 is 19.4 Å². The van der Waals surface area contributed by atoms with Gasteiger partial charge in [-0.3, -0.25) is 9.59 Å². The maximum absolute atomic E-state index is 12.1. The van der Waals surface area contributed by atoms with Crippen LogP contribution in [-0.4, -0.2) is 42.3 Å². The van der Waals surface area contributed by atoms with Crippen LogP contribution in [0, 0.1) is 11.8 Å². The molecule has 0 aromatic heterocycles. The number of nitrogens with one attached hydrogen (secondary N) is 2. The molecule has 6 nitrogen and oxygen atoms in total. The first kappa shape index (κ1) is 20.6. The van der Waals surface area contributed by atoms with Gasteiger partial charge in [0.05, 0.1) is 18.8 Å². The molecule has 2 saturated heterocycles. The number of ether oxygens (including phenoxy) is 1. The summed E-state index contributed by atoms with van der Waals surface area (Å²) in [7, 11) is 0. The summed E-state index contributed by atoms with van der Waals surface area (Å²) in [5, 5.41) is 14.9. The van der Waals surface area contributed by atoms with Crippen molar-refractivity contribution in [1.29, 1.82) is 0 Å². The zero-order valence-electron chi connectivity index (χ0n) is 16.2. The Morgan fingerprint density at radius 1 is 1.11 bits per heavy atom. The van der Waals surface area contributed by atoms with E-state index in [1.807, 2.05) is 30.3 Å². The van der Waals surface area contributed by atoms with Crippen LogP contribution in [0.3, 0.4) is 0 Å². The van der Waals surface area contributed by atoms with Gasteiger partial charge in [-0.1, -0.05) is 30.4 Å². The van der Waals surface area contributed by atoms with Crippen molar-refractivity contribution in [3.05, 3.63) is 42.5 Å². The molecule has 2 aliphatic rings. The summed E-state index contributed by atoms with van der Waals surface area (Å²) in [4.78, 5) is 22.6. The topological polar surface area (TPSA) is 87.7 Å². The first-order valence-electron chi connectivity index (χ1n) is 10.2. The van der Waals surface area contributed by atoms with Crippen LogP contribution in [0.5, 0.6) is 0 Å². The summed E-state index contributed by atoms with van der Waals surface area (Å²) in [6, 6.07) is 9.47. The number of carboxylic acids is 1. The van der Waals surface area contributed by atoms with E-state index in [0.29, 0.717) is 37.0 Å². The fourth-order valence-electron chi connectivity index (χ4n) is 4.30. The van der Waals surface area contributed by atoms with Crippen LogP contribution in [-0.2, 0) is 14.3 Å². The zero-order chi connectivity index (χ0) is 19.8. The van der Waals surface area contributed by atoms with Gasteiger partial charge in [-0.05, 0) is 50.2 Å². The van der Waals surface area contributed by atoms with E-state index in [0.717, 1.165) is 37.9 Å². The number of benzene rings is 1. The third-order valence-corrected chi connectivity index (χ3v) is 5.65. The summed E-state index contributed by atoms with van der Waals surface area (Å²) >= 11 is 0. The summed E-state index contributed by atoms with van der Waals surface area (Å²) in [6.07, 6.45) is 9.75. The van der Waals surface area contributed by atoms with E-state index in [1.54, 1.807) is 0 Å². The minimum Gasteiger partial charge on any atom is -0.481 e. The van der Waals surface area contributed by atoms with E-state index in [2.05, 4.69) is 22.8 Å². The van der Waals surface area contributed by atoms with Gasteiger partial charge in [0.2, 0.25) is 5.91 Å². The lowest BCUT2D eigenvalue weighted by Gasteiger charge is -2.27. The van der Waals surface area contributed by atoms with Gasteiger partial charge in [0.25, 0.3) is 0 Å². The van der Waals surface area contributed by atoms with Gasteiger partial charge < -0.3 is 20.5 Å². The Bertz CT molecular complexity index is 676. The van der Waals surface area contributed by atoms with Crippen LogP contribution in [0.1, 0.15) is 38.5 Å². The SMILES string of the molecule is O=C(O)CCC/C=C\C[C@@H]1C(CNCC(=O)Nc2ccccc2)[C@H]2CC[C@@H]1O2. The normalized spacial score (nSPS) is 26.0. The Morgan fingerprint density at radius 2 is 1.86 bits per heavy atom. The van der Waals surface area contributed by atoms with Crippen molar-refractivity contribution in [3.8, 4) is 0 Å². The number of hydrogen-bond donors (Lipinski definition) is 3. The average molecular weight is 386 g/mol. The number of amides is 1. The number of carboxylic acid groups (broad SMARTS) is 1. The summed E-state index contributed by atoms with van der Waals surface area (Å²) < 4.78 is 6.11. The van der Waals surface area contributed by atoms with Crippen molar-refractivity contribution in [3.63, 3.8) is 0 Å². The quantitative estimate of drug-likeness (QED) is 0.401. The van der Waals surface area contributed by atoms with Crippen molar-refractivity contribution in [2.75, 3.05) is 18.4 Å². The summed E-state index contributed by atoms with van der Waals surface area (Å²) in [6.45, 7) is 1.07. The molecule has 2 heterocycles. The third-order valence-electron chi connectivity index (χ3n) is 5.65. The monoisotopic (exact) mass is 386 g/mol. The fraction of sp³-hybridized carbons (Fsp3) is 0.545. The highest BCUT2D eigenvalue weighted by Gasteiger charge is 2.47. The first-order valence-corrected chi connectivity index (χ1v) is 10.2. The highest BCUT2D eigenvalue weighted by atomic mass is 16.5. The molecule has 1 aromatic carbocycles. The Kier molecular flexibility index (Phi) is 7.62. The number of carbonyl (C=O) groups excluding carboxylic acids is 1. The molecule has 4 atom stereocenters. The first-order chi connectivity index (χ1) is 13.6. The smallest absolute Gasteiger partial charge is 0.303 e. The number of aliphatic carboxylic acids is 1. The lowest BCUT2D eigenvalue weighted by atomic mass is 9.77. The number of para-hydroxylation sites is 1. The second-order valence-corrected chi connectivity index (χ2v) is 7.66. The number of unbranched alkanes of at least 4 members (excludes halogenated alkanes) is 1.